The molecule has 3 aromatic heterocycles. The van der Waals surface area contributed by atoms with E-state index in [9.17, 15) is 9.59 Å². The minimum absolute atomic E-state index is 0.228. The smallest absolute Gasteiger partial charge is 0.287 e. The number of hydrogen-bond acceptors (Lipinski definition) is 8. The molecule has 0 saturated carbocycles. The van der Waals surface area contributed by atoms with Gasteiger partial charge in [0.15, 0.2) is 5.82 Å². The van der Waals surface area contributed by atoms with E-state index in [1.54, 1.807) is 19.2 Å². The molecule has 206 valence electrons. The molecule has 0 spiro atoms. The number of aromatic amines is 1. The van der Waals surface area contributed by atoms with Crippen molar-refractivity contribution >= 4 is 34.4 Å². The van der Waals surface area contributed by atoms with Gasteiger partial charge in [-0.1, -0.05) is 36.4 Å². The van der Waals surface area contributed by atoms with Crippen molar-refractivity contribution in [3.63, 3.8) is 0 Å². The Morgan fingerprint density at radius 2 is 1.90 bits per heavy atom. The zero-order valence-corrected chi connectivity index (χ0v) is 23.4. The Hall–Kier alpha value is -4.32. The average molecular weight is 558 g/mol. The van der Waals surface area contributed by atoms with Crippen LogP contribution in [0.5, 0.6) is 0 Å². The lowest BCUT2D eigenvalue weighted by atomic mass is 10.0. The fourth-order valence-corrected chi connectivity index (χ4v) is 5.27. The van der Waals surface area contributed by atoms with E-state index in [4.69, 9.17) is 4.74 Å². The quantitative estimate of drug-likeness (QED) is 0.301. The first kappa shape index (κ1) is 27.3. The summed E-state index contributed by atoms with van der Waals surface area (Å²) in [5, 5.41) is 17.7. The molecular weight excluding hydrogens is 526 g/mol. The van der Waals surface area contributed by atoms with Gasteiger partial charge in [-0.05, 0) is 38.2 Å². The minimum atomic E-state index is -0.361. The van der Waals surface area contributed by atoms with Gasteiger partial charge in [0.2, 0.25) is 0 Å². The lowest BCUT2D eigenvalue weighted by Crippen LogP contribution is -2.30. The number of hydrogen-bond donors (Lipinski definition) is 3. The van der Waals surface area contributed by atoms with Gasteiger partial charge >= 0.3 is 0 Å². The number of carbonyl (C=O) groups is 1. The number of anilines is 3. The highest BCUT2D eigenvalue weighted by Crippen LogP contribution is 2.30. The largest absolute Gasteiger partial charge is 0.380 e. The molecule has 0 fully saturated rings. The molecule has 4 heterocycles. The lowest BCUT2D eigenvalue weighted by Gasteiger charge is -2.22. The van der Waals surface area contributed by atoms with E-state index in [2.05, 4.69) is 37.9 Å². The first-order valence-corrected chi connectivity index (χ1v) is 13.7. The fraction of sp³-hybridized carbons (Fsp3) is 0.241. The van der Waals surface area contributed by atoms with E-state index >= 15 is 0 Å². The molecule has 40 heavy (non-hydrogen) atoms. The Labute approximate surface area is 236 Å². The van der Waals surface area contributed by atoms with E-state index in [0.29, 0.717) is 27.8 Å². The maximum atomic E-state index is 13.3. The highest BCUT2D eigenvalue weighted by Gasteiger charge is 2.18. The zero-order valence-electron chi connectivity index (χ0n) is 22.6. The van der Waals surface area contributed by atoms with Crippen LogP contribution in [0.2, 0.25) is 0 Å². The first-order valence-electron chi connectivity index (χ1n) is 12.9. The normalized spacial score (nSPS) is 12.9. The van der Waals surface area contributed by atoms with Gasteiger partial charge in [-0.2, -0.15) is 10.2 Å². The number of nitrogens with zero attached hydrogens (tertiary/aromatic N) is 4. The molecule has 0 radical (unpaired) electrons. The summed E-state index contributed by atoms with van der Waals surface area (Å²) in [5.41, 5.74) is 3.63. The summed E-state index contributed by atoms with van der Waals surface area (Å²) < 4.78 is 7.46. The number of methoxy groups -OCH3 is 1. The molecule has 0 unspecified atom stereocenters. The van der Waals surface area contributed by atoms with E-state index in [0.717, 1.165) is 41.3 Å². The highest BCUT2D eigenvalue weighted by molar-refractivity contribution is 7.13. The molecule has 3 N–H and O–H groups in total. The predicted octanol–water partition coefficient (Wildman–Crippen LogP) is 4.72. The van der Waals surface area contributed by atoms with Gasteiger partial charge in [0, 0.05) is 48.0 Å². The van der Waals surface area contributed by atoms with Crippen molar-refractivity contribution in [3.05, 3.63) is 98.1 Å². The molecule has 1 aliphatic rings. The Morgan fingerprint density at radius 3 is 2.73 bits per heavy atom. The Balaban J connectivity index is 1.47. The number of benzene rings is 1. The van der Waals surface area contributed by atoms with Crippen molar-refractivity contribution in [2.75, 3.05) is 31.3 Å². The SMILES string of the molecule is COCc1c(NC(=O)c2ccccccc(C)s2)cccc1-c1cc(Nc2cc3n(n2)CCN(C)C3)c(=O)[nH]n1. The van der Waals surface area contributed by atoms with Crippen molar-refractivity contribution in [2.45, 2.75) is 26.6 Å². The maximum Gasteiger partial charge on any atom is 0.287 e. The van der Waals surface area contributed by atoms with Crippen LogP contribution in [0.15, 0.2) is 71.5 Å². The summed E-state index contributed by atoms with van der Waals surface area (Å²) in [7, 11) is 3.66. The molecule has 0 bridgehead atoms. The molecule has 11 heteroatoms. The van der Waals surface area contributed by atoms with Gasteiger partial charge in [0.05, 0.1) is 29.4 Å². The standard InChI is InChI=1S/C29H31N7O3S/c1-19-9-6-4-5-7-12-26(40-19)29(38)31-23-11-8-10-21(22(23)18-39-3)24-16-25(28(37)33-32-24)30-27-15-20-17-35(2)13-14-36(20)34-27/h4-12,15-16H,13-14,17-18H2,1-3H3,(H,31,38)(H,33,37)(H,30,32,34). The molecule has 1 aliphatic heterocycles. The van der Waals surface area contributed by atoms with E-state index in [-0.39, 0.29) is 18.1 Å². The summed E-state index contributed by atoms with van der Waals surface area (Å²) in [6, 6.07) is 20.5. The number of likely N-dealkylation sites (N-methyl/N-ethyl adjacent to an activating group) is 1. The van der Waals surface area contributed by atoms with Crippen LogP contribution in [-0.2, 0) is 24.4 Å². The molecule has 0 aliphatic carbocycles. The number of fused-ring (bicyclic) bond motifs is 1. The molecule has 5 rings (SSSR count). The topological polar surface area (TPSA) is 117 Å². The number of amides is 1. The van der Waals surface area contributed by atoms with Gasteiger partial charge in [-0.15, -0.1) is 11.3 Å². The molecule has 1 aromatic carbocycles. The summed E-state index contributed by atoms with van der Waals surface area (Å²) in [6.07, 6.45) is 0. The third-order valence-electron chi connectivity index (χ3n) is 6.45. The van der Waals surface area contributed by atoms with Crippen molar-refractivity contribution in [3.8, 4) is 11.3 Å². The second-order valence-corrected chi connectivity index (χ2v) is 10.8. The van der Waals surface area contributed by atoms with Crippen molar-refractivity contribution < 1.29 is 9.53 Å². The van der Waals surface area contributed by atoms with Crippen LogP contribution in [0, 0.1) is 6.92 Å². The third kappa shape index (κ3) is 6.28. The zero-order chi connectivity index (χ0) is 28.1. The Morgan fingerprint density at radius 1 is 1.07 bits per heavy atom. The van der Waals surface area contributed by atoms with Crippen molar-refractivity contribution in [1.29, 1.82) is 0 Å². The molecule has 1 amide bonds. The fourth-order valence-electron chi connectivity index (χ4n) is 4.49. The average Bonchev–Trinajstić information content (AvgIpc) is 3.37. The van der Waals surface area contributed by atoms with Gasteiger partial charge in [0.1, 0.15) is 5.69 Å². The van der Waals surface area contributed by atoms with Gasteiger partial charge in [0.25, 0.3) is 11.5 Å². The Bertz CT molecular complexity index is 1640. The van der Waals surface area contributed by atoms with Crippen LogP contribution < -0.4 is 16.2 Å². The van der Waals surface area contributed by atoms with Gasteiger partial charge < -0.3 is 15.4 Å². The second-order valence-electron chi connectivity index (χ2n) is 9.50. The highest BCUT2D eigenvalue weighted by atomic mass is 32.1. The summed E-state index contributed by atoms with van der Waals surface area (Å²) in [5.74, 6) is 0.366. The molecule has 10 nitrogen and oxygen atoms in total. The first-order chi connectivity index (χ1) is 19.4. The van der Waals surface area contributed by atoms with Crippen LogP contribution in [0.4, 0.5) is 17.2 Å². The van der Waals surface area contributed by atoms with Crippen LogP contribution >= 0.6 is 11.3 Å². The van der Waals surface area contributed by atoms with Gasteiger partial charge in [-0.3, -0.25) is 19.2 Å². The number of rotatable bonds is 7. The van der Waals surface area contributed by atoms with E-state index < -0.39 is 0 Å². The summed E-state index contributed by atoms with van der Waals surface area (Å²) in [4.78, 5) is 29.7. The summed E-state index contributed by atoms with van der Waals surface area (Å²) in [6.45, 7) is 4.70. The monoisotopic (exact) mass is 557 g/mol. The summed E-state index contributed by atoms with van der Waals surface area (Å²) >= 11 is 1.40. The van der Waals surface area contributed by atoms with Crippen LogP contribution in [0.25, 0.3) is 11.3 Å². The molecule has 0 saturated heterocycles. The van der Waals surface area contributed by atoms with Crippen molar-refractivity contribution in [1.82, 2.24) is 24.9 Å². The Kier molecular flexibility index (Phi) is 8.34. The number of ether oxygens (including phenoxy) is 1. The number of carbonyl (C=O) groups excluding carboxylic acids is 1. The minimum Gasteiger partial charge on any atom is -0.380 e. The van der Waals surface area contributed by atoms with E-state index in [1.807, 2.05) is 66.2 Å². The number of H-pyrrole nitrogens is 1. The molecule has 4 aromatic rings. The van der Waals surface area contributed by atoms with E-state index in [1.165, 1.54) is 11.3 Å². The number of aryl methyl sites for hydroxylation is 1. The third-order valence-corrected chi connectivity index (χ3v) is 7.45. The number of nitrogens with one attached hydrogen (secondary N) is 3. The number of aromatic nitrogens is 4. The molecular formula is C29H31N7O3S. The van der Waals surface area contributed by atoms with Crippen LogP contribution in [0.3, 0.4) is 0 Å². The van der Waals surface area contributed by atoms with Crippen molar-refractivity contribution in [2.24, 2.45) is 0 Å². The maximum absolute atomic E-state index is 13.3. The van der Waals surface area contributed by atoms with Crippen LogP contribution in [-0.4, -0.2) is 51.5 Å². The van der Waals surface area contributed by atoms with Crippen LogP contribution in [0.1, 0.15) is 25.8 Å². The second kappa shape index (κ2) is 12.2. The lowest BCUT2D eigenvalue weighted by molar-refractivity contribution is 0.103. The van der Waals surface area contributed by atoms with Gasteiger partial charge in [-0.25, -0.2) is 5.10 Å². The predicted molar refractivity (Wildman–Crippen MR) is 157 cm³/mol. The molecule has 0 atom stereocenters.